The van der Waals surface area contributed by atoms with Crippen LogP contribution >= 0.6 is 0 Å². The van der Waals surface area contributed by atoms with Gasteiger partial charge >= 0.3 is 0 Å². The number of carboxylic acid groups (broad SMARTS) is 4. The number of carboxylic acids is 4. The molecule has 0 saturated heterocycles. The lowest BCUT2D eigenvalue weighted by Crippen LogP contribution is -2.25. The number of aliphatic imine (C=N–C) groups is 4. The van der Waals surface area contributed by atoms with Gasteiger partial charge < -0.3 is 60.6 Å². The number of carbonyl (C=O) groups is 4. The molecule has 8 N–H and O–H groups in total. The number of hydrogen-bond donors (Lipinski definition) is 8. The summed E-state index contributed by atoms with van der Waals surface area (Å²) >= 11 is 0. The Morgan fingerprint density at radius 3 is 0.904 bits per heavy atom. The lowest BCUT2D eigenvalue weighted by atomic mass is 10.1. The molecule has 0 heterocycles. The van der Waals surface area contributed by atoms with Crippen molar-refractivity contribution < 1.29 is 58.6 Å². The molecule has 0 bridgehead atoms. The summed E-state index contributed by atoms with van der Waals surface area (Å²) in [7, 11) is 0. The maximum Gasteiger partial charge on any atom is 0.300 e. The van der Waals surface area contributed by atoms with Gasteiger partial charge in [0.2, 0.25) is 0 Å². The minimum absolute atomic E-state index is 0.580. The van der Waals surface area contributed by atoms with Gasteiger partial charge in [0.05, 0.1) is 49.8 Å². The Bertz CT molecular complexity index is 2500. The fourth-order valence-electron chi connectivity index (χ4n) is 7.22. The van der Waals surface area contributed by atoms with E-state index >= 15 is 0 Å². The first-order valence-electron chi connectivity index (χ1n) is 28.9. The first-order chi connectivity index (χ1) is 39.7. The van der Waals surface area contributed by atoms with Crippen LogP contribution < -0.4 is 40.2 Å². The summed E-state index contributed by atoms with van der Waals surface area (Å²) in [4.78, 5) is 54.8. The van der Waals surface area contributed by atoms with E-state index in [-0.39, 0.29) is 0 Å². The van der Waals surface area contributed by atoms with Crippen LogP contribution in [-0.2, 0) is 19.2 Å². The Balaban J connectivity index is 0.00000100. The molecule has 456 valence electrons. The van der Waals surface area contributed by atoms with Gasteiger partial charge in [-0.25, -0.2) is 0 Å². The summed E-state index contributed by atoms with van der Waals surface area (Å²) < 4.78 is 25.0. The van der Waals surface area contributed by atoms with Crippen LogP contribution in [0.4, 0.5) is 0 Å². The summed E-state index contributed by atoms with van der Waals surface area (Å²) in [5, 5.41) is 43.6. The second-order valence-electron chi connectivity index (χ2n) is 20.5. The van der Waals surface area contributed by atoms with Crippen molar-refractivity contribution in [2.24, 2.45) is 20.0 Å². The van der Waals surface area contributed by atoms with Gasteiger partial charge in [-0.05, 0) is 119 Å². The molecule has 0 atom stereocenters. The van der Waals surface area contributed by atoms with E-state index in [2.05, 4.69) is 116 Å². The zero-order chi connectivity index (χ0) is 60.8. The van der Waals surface area contributed by atoms with E-state index in [1.54, 1.807) is 0 Å². The Morgan fingerprint density at radius 1 is 0.410 bits per heavy atom. The molecule has 0 aliphatic heterocycles. The molecule has 0 aromatic heterocycles. The van der Waals surface area contributed by atoms with Gasteiger partial charge in [0, 0.05) is 122 Å². The summed E-state index contributed by atoms with van der Waals surface area (Å²) in [6, 6.07) is 23.3. The first-order valence-corrected chi connectivity index (χ1v) is 28.9. The van der Waals surface area contributed by atoms with E-state index in [1.807, 2.05) is 32.9 Å². The number of aliphatic carboxylic acids is 4. The molecule has 4 fully saturated rings. The molecule has 0 radical (unpaired) electrons. The lowest BCUT2D eigenvalue weighted by Gasteiger charge is -2.12. The molecule has 0 spiro atoms. The normalized spacial score (nSPS) is 14.9. The van der Waals surface area contributed by atoms with E-state index in [0.29, 0.717) is 50.6 Å². The molecular weight excluding hydrogens is 1060 g/mol. The maximum absolute atomic E-state index is 9.00. The van der Waals surface area contributed by atoms with E-state index in [4.69, 9.17) is 63.5 Å². The fraction of sp³-hybridized carbons (Fsp3) is 0.524. The van der Waals surface area contributed by atoms with E-state index in [1.165, 1.54) is 51.4 Å². The smallest absolute Gasteiger partial charge is 0.300 e. The minimum atomic E-state index is -0.833. The predicted molar refractivity (Wildman–Crippen MR) is 332 cm³/mol. The van der Waals surface area contributed by atoms with Crippen LogP contribution in [0.1, 0.15) is 161 Å². The number of ether oxygens (including phenoxy) is 4. The largest absolute Gasteiger partial charge is 0.493 e. The predicted octanol–water partition coefficient (Wildman–Crippen LogP) is 10.5. The highest BCUT2D eigenvalue weighted by atomic mass is 16.5. The number of nitrogens with zero attached hydrogens (tertiary/aromatic N) is 4. The van der Waals surface area contributed by atoms with Crippen LogP contribution in [0.2, 0.25) is 0 Å². The molecule has 0 unspecified atom stereocenters. The number of rotatable bonds is 29. The van der Waals surface area contributed by atoms with Crippen molar-refractivity contribution in [2.75, 3.05) is 52.6 Å². The third-order valence-electron chi connectivity index (χ3n) is 11.6. The fourth-order valence-corrected chi connectivity index (χ4v) is 7.22. The lowest BCUT2D eigenvalue weighted by molar-refractivity contribution is -0.135. The van der Waals surface area contributed by atoms with Gasteiger partial charge in [0.15, 0.2) is 0 Å². The first kappa shape index (κ1) is 69.4. The number of nitrogens with one attached hydrogen (secondary N) is 4. The standard InChI is InChI=1S/C55H76N8O4.4C2H4O2/c1-5-55(63-50-24-25-50)59-29-9-33-67-54-37-46(36-53(39-54)66-32-8-28-58-42(4)62-49-22-23-49)17-15-44-12-10-43(11-13-44)14-16-45-34-51(64-30-6-26-56-40(2)60-47-18-19-47)38-52(35-45)65-31-7-27-57-41(3)61-48-20-21-48;4*1-2(3)4/h10-17,34-39,47-50H,5-9,18-33H2,1-4H3,(H,56,60)(H,57,61)(H,58,62)(H,59,63);4*1H3,(H,3,4)/b16-14+,17-15+;;;;. The number of hydrogen-bond acceptors (Lipinski definition) is 12. The third-order valence-corrected chi connectivity index (χ3v) is 11.6. The van der Waals surface area contributed by atoms with Crippen molar-refractivity contribution in [3.8, 4) is 23.0 Å². The van der Waals surface area contributed by atoms with E-state index < -0.39 is 23.9 Å². The Morgan fingerprint density at radius 2 is 0.651 bits per heavy atom. The van der Waals surface area contributed by atoms with Gasteiger partial charge in [0.25, 0.3) is 23.9 Å². The van der Waals surface area contributed by atoms with E-state index in [0.717, 1.165) is 155 Å². The van der Waals surface area contributed by atoms with Crippen LogP contribution in [0.3, 0.4) is 0 Å². The second kappa shape index (κ2) is 40.3. The molecule has 4 saturated carbocycles. The van der Waals surface area contributed by atoms with Crippen molar-refractivity contribution in [2.45, 2.75) is 163 Å². The molecule has 83 heavy (non-hydrogen) atoms. The minimum Gasteiger partial charge on any atom is -0.493 e. The highest BCUT2D eigenvalue weighted by Crippen LogP contribution is 2.28. The summed E-state index contributed by atoms with van der Waals surface area (Å²) in [6.45, 7) is 17.9. The number of benzene rings is 3. The monoisotopic (exact) mass is 1150 g/mol. The molecule has 20 nitrogen and oxygen atoms in total. The Kier molecular flexibility index (Phi) is 33.7. The van der Waals surface area contributed by atoms with Crippen molar-refractivity contribution in [3.05, 3.63) is 82.9 Å². The quantitative estimate of drug-likeness (QED) is 0.0139. The van der Waals surface area contributed by atoms with E-state index in [9.17, 15) is 0 Å². The van der Waals surface area contributed by atoms with Crippen LogP contribution in [-0.4, -0.2) is 144 Å². The van der Waals surface area contributed by atoms with Crippen molar-refractivity contribution in [1.29, 1.82) is 0 Å². The van der Waals surface area contributed by atoms with Crippen LogP contribution in [0.25, 0.3) is 24.3 Å². The molecule has 0 amide bonds. The van der Waals surface area contributed by atoms with Crippen molar-refractivity contribution >= 4 is 71.5 Å². The zero-order valence-corrected chi connectivity index (χ0v) is 50.1. The summed E-state index contributed by atoms with van der Waals surface area (Å²) in [5.41, 5.74) is 4.22. The van der Waals surface area contributed by atoms with Crippen LogP contribution in [0.15, 0.2) is 80.6 Å². The molecule has 7 rings (SSSR count). The second-order valence-corrected chi connectivity index (χ2v) is 20.5. The zero-order valence-electron chi connectivity index (χ0n) is 50.1. The summed E-state index contributed by atoms with van der Waals surface area (Å²) in [5.74, 6) is 3.98. The molecule has 4 aliphatic carbocycles. The third kappa shape index (κ3) is 40.0. The van der Waals surface area contributed by atoms with Crippen LogP contribution in [0, 0.1) is 0 Å². The summed E-state index contributed by atoms with van der Waals surface area (Å²) in [6.07, 6.45) is 22.7. The molecule has 3 aromatic rings. The maximum atomic E-state index is 9.00. The van der Waals surface area contributed by atoms with Gasteiger partial charge in [-0.2, -0.15) is 0 Å². The van der Waals surface area contributed by atoms with Gasteiger partial charge in [-0.15, -0.1) is 0 Å². The molecular formula is C63H92N8O12. The van der Waals surface area contributed by atoms with Crippen molar-refractivity contribution in [1.82, 2.24) is 21.3 Å². The molecule has 3 aromatic carbocycles. The van der Waals surface area contributed by atoms with Crippen molar-refractivity contribution in [3.63, 3.8) is 0 Å². The Labute approximate surface area is 491 Å². The Hall–Kier alpha value is -7.90. The topological polar surface area (TPSA) is 284 Å². The highest BCUT2D eigenvalue weighted by molar-refractivity contribution is 5.83. The van der Waals surface area contributed by atoms with Crippen LogP contribution in [0.5, 0.6) is 23.0 Å². The molecule has 4 aliphatic rings. The SMILES string of the molecule is CC(=O)O.CC(=O)O.CC(=O)O.CC(=O)O.CCC(=NCCCOc1cc(/C=C/c2ccc(/C=C/c3cc(OCCCN=C(C)NC4CC4)cc(OCCCN=C(C)NC4CC4)c3)cc2)cc(OCCCN=C(C)NC2CC2)c1)NC1CC1. The number of amidine groups is 4. The molecule has 20 heteroatoms. The average molecular weight is 1150 g/mol. The van der Waals surface area contributed by atoms with Gasteiger partial charge in [0.1, 0.15) is 23.0 Å². The highest BCUT2D eigenvalue weighted by Gasteiger charge is 2.23. The van der Waals surface area contributed by atoms with Gasteiger partial charge in [-0.3, -0.25) is 39.1 Å². The average Bonchev–Trinajstić information content (AvgIpc) is 4.20. The van der Waals surface area contributed by atoms with Gasteiger partial charge in [-0.1, -0.05) is 55.5 Å².